The molecule has 4 N–H and O–H groups in total. The standard InChI is InChI=1S/C21H26ClN5O4/c1-9-14(8-28)31-19(16(9)29)27-18-13(7-23-27)17(25-20(22)26-18)24-15-11-2-10-3-12(15)6-21(30,4-10)5-11/h7,10-12,14-16,19,28-30H,1-6,8H2,(H,24,25,26)/t10?,11-,12?,14+,15?,16+,19+,21?/m0/s1. The van der Waals surface area contributed by atoms with Gasteiger partial charge in [0.1, 0.15) is 18.0 Å². The Morgan fingerprint density at radius 3 is 2.65 bits per heavy atom. The number of halogens is 1. The van der Waals surface area contributed by atoms with Crippen LogP contribution in [0.15, 0.2) is 18.3 Å². The van der Waals surface area contributed by atoms with E-state index < -0.39 is 24.0 Å². The second-order valence-corrected chi connectivity index (χ2v) is 10.1. The van der Waals surface area contributed by atoms with Gasteiger partial charge in [0.2, 0.25) is 5.28 Å². The van der Waals surface area contributed by atoms with Crippen LogP contribution in [0.4, 0.5) is 5.82 Å². The summed E-state index contributed by atoms with van der Waals surface area (Å²) in [6, 6.07) is 0.223. The molecule has 8 atom stereocenters. The molecular formula is C21H26ClN5O4. The van der Waals surface area contributed by atoms with Gasteiger partial charge in [-0.1, -0.05) is 6.58 Å². The summed E-state index contributed by atoms with van der Waals surface area (Å²) in [5, 5.41) is 39.6. The highest BCUT2D eigenvalue weighted by molar-refractivity contribution is 6.28. The lowest BCUT2D eigenvalue weighted by atomic mass is 9.52. The zero-order chi connectivity index (χ0) is 21.5. The molecule has 9 nitrogen and oxygen atoms in total. The van der Waals surface area contributed by atoms with Gasteiger partial charge in [-0.3, -0.25) is 0 Å². The summed E-state index contributed by atoms with van der Waals surface area (Å²) in [5.74, 6) is 2.04. The Bertz CT molecular complexity index is 1040. The summed E-state index contributed by atoms with van der Waals surface area (Å²) in [7, 11) is 0. The number of anilines is 1. The van der Waals surface area contributed by atoms with Crippen LogP contribution >= 0.6 is 11.6 Å². The molecule has 0 aromatic carbocycles. The zero-order valence-corrected chi connectivity index (χ0v) is 17.7. The fraction of sp³-hybridized carbons (Fsp3) is 0.667. The average molecular weight is 448 g/mol. The van der Waals surface area contributed by atoms with E-state index in [1.807, 2.05) is 0 Å². The highest BCUT2D eigenvalue weighted by Gasteiger charge is 2.55. The van der Waals surface area contributed by atoms with Crippen molar-refractivity contribution in [2.45, 2.75) is 62.2 Å². The maximum atomic E-state index is 10.9. The Labute approximate surface area is 184 Å². The normalized spacial score (nSPS) is 41.4. The van der Waals surface area contributed by atoms with E-state index in [1.54, 1.807) is 6.20 Å². The molecule has 4 aliphatic carbocycles. The van der Waals surface area contributed by atoms with Gasteiger partial charge in [-0.15, -0.1) is 0 Å². The van der Waals surface area contributed by atoms with Crippen LogP contribution in [-0.4, -0.2) is 65.5 Å². The lowest BCUT2D eigenvalue weighted by Gasteiger charge is -2.58. The Hall–Kier alpha value is -1.78. The van der Waals surface area contributed by atoms with Crippen molar-refractivity contribution in [3.05, 3.63) is 23.6 Å². The van der Waals surface area contributed by atoms with Crippen molar-refractivity contribution in [3.8, 4) is 0 Å². The fourth-order valence-corrected chi connectivity index (χ4v) is 6.79. The summed E-state index contributed by atoms with van der Waals surface area (Å²) in [6.07, 6.45) is 3.96. The third kappa shape index (κ3) is 3.01. The Morgan fingerprint density at radius 2 is 2.00 bits per heavy atom. The fourth-order valence-electron chi connectivity index (χ4n) is 6.63. The molecule has 0 radical (unpaired) electrons. The first kappa shape index (κ1) is 19.9. The molecule has 1 saturated heterocycles. The number of hydrogen-bond acceptors (Lipinski definition) is 8. The van der Waals surface area contributed by atoms with Crippen LogP contribution in [-0.2, 0) is 4.74 Å². The van der Waals surface area contributed by atoms with Crippen LogP contribution in [0, 0.1) is 17.8 Å². The van der Waals surface area contributed by atoms with Crippen LogP contribution in [0.5, 0.6) is 0 Å². The maximum absolute atomic E-state index is 10.9. The van der Waals surface area contributed by atoms with Crippen molar-refractivity contribution in [1.82, 2.24) is 19.7 Å². The number of fused-ring (bicyclic) bond motifs is 1. The summed E-state index contributed by atoms with van der Waals surface area (Å²) in [5.41, 5.74) is 0.348. The second-order valence-electron chi connectivity index (χ2n) is 9.75. The van der Waals surface area contributed by atoms with Gasteiger partial charge in [-0.05, 0) is 67.0 Å². The van der Waals surface area contributed by atoms with Crippen molar-refractivity contribution in [2.75, 3.05) is 11.9 Å². The van der Waals surface area contributed by atoms with E-state index in [0.717, 1.165) is 32.1 Å². The molecule has 5 aliphatic rings. The first-order chi connectivity index (χ1) is 14.8. The van der Waals surface area contributed by atoms with E-state index >= 15 is 0 Å². The van der Waals surface area contributed by atoms with Crippen LogP contribution in [0.2, 0.25) is 5.28 Å². The van der Waals surface area contributed by atoms with E-state index in [9.17, 15) is 15.3 Å². The van der Waals surface area contributed by atoms with Gasteiger partial charge in [-0.2, -0.15) is 15.1 Å². The van der Waals surface area contributed by atoms with Crippen LogP contribution in [0.1, 0.15) is 38.3 Å². The number of aromatic nitrogens is 4. The monoisotopic (exact) mass is 447 g/mol. The van der Waals surface area contributed by atoms with Gasteiger partial charge in [-0.25, -0.2) is 4.68 Å². The van der Waals surface area contributed by atoms with Crippen LogP contribution in [0.3, 0.4) is 0 Å². The summed E-state index contributed by atoms with van der Waals surface area (Å²) in [4.78, 5) is 8.78. The molecular weight excluding hydrogens is 422 g/mol. The Kier molecular flexibility index (Phi) is 4.40. The Morgan fingerprint density at radius 1 is 1.26 bits per heavy atom. The molecule has 2 aromatic rings. The molecule has 0 spiro atoms. The average Bonchev–Trinajstić information content (AvgIpc) is 3.24. The molecule has 2 aromatic heterocycles. The van der Waals surface area contributed by atoms with E-state index in [4.69, 9.17) is 16.3 Å². The van der Waals surface area contributed by atoms with Gasteiger partial charge >= 0.3 is 0 Å². The number of nitrogens with one attached hydrogen (secondary N) is 1. The van der Waals surface area contributed by atoms with Crippen molar-refractivity contribution < 1.29 is 20.1 Å². The molecule has 0 amide bonds. The number of ether oxygens (including phenoxy) is 1. The number of hydrogen-bond donors (Lipinski definition) is 4. The molecule has 4 bridgehead atoms. The molecule has 1 aliphatic heterocycles. The second kappa shape index (κ2) is 6.86. The zero-order valence-electron chi connectivity index (χ0n) is 17.0. The van der Waals surface area contributed by atoms with Crippen molar-refractivity contribution in [3.63, 3.8) is 0 Å². The quantitative estimate of drug-likeness (QED) is 0.411. The smallest absolute Gasteiger partial charge is 0.226 e. The molecule has 4 saturated carbocycles. The van der Waals surface area contributed by atoms with E-state index in [-0.39, 0.29) is 17.9 Å². The van der Waals surface area contributed by atoms with Crippen molar-refractivity contribution in [1.29, 1.82) is 0 Å². The van der Waals surface area contributed by atoms with Gasteiger partial charge in [0.05, 0.1) is 23.8 Å². The van der Waals surface area contributed by atoms with Crippen molar-refractivity contribution >= 4 is 28.5 Å². The number of aliphatic hydroxyl groups is 3. The molecule has 7 rings (SSSR count). The molecule has 10 heteroatoms. The first-order valence-electron chi connectivity index (χ1n) is 10.9. The highest BCUT2D eigenvalue weighted by atomic mass is 35.5. The van der Waals surface area contributed by atoms with E-state index in [0.29, 0.717) is 40.2 Å². The highest BCUT2D eigenvalue weighted by Crippen LogP contribution is 2.56. The first-order valence-corrected chi connectivity index (χ1v) is 11.3. The molecule has 5 fully saturated rings. The summed E-state index contributed by atoms with van der Waals surface area (Å²) >= 11 is 6.27. The van der Waals surface area contributed by atoms with Crippen LogP contribution < -0.4 is 5.32 Å². The SMILES string of the molecule is C=C1[C@@H](O)[C@H](n2ncc3c(NC4C5CC6C[C@H]4CC(O)(C6)C5)nc(Cl)nc32)O[C@@H]1CO. The molecule has 4 unspecified atom stereocenters. The minimum Gasteiger partial charge on any atom is -0.393 e. The molecule has 3 heterocycles. The third-order valence-electron chi connectivity index (χ3n) is 7.74. The number of rotatable bonds is 4. The van der Waals surface area contributed by atoms with Crippen molar-refractivity contribution in [2.24, 2.45) is 17.8 Å². The summed E-state index contributed by atoms with van der Waals surface area (Å²) < 4.78 is 7.23. The predicted octanol–water partition coefficient (Wildman–Crippen LogP) is 1.64. The minimum atomic E-state index is -1.02. The number of aliphatic hydroxyl groups excluding tert-OH is 2. The van der Waals surface area contributed by atoms with E-state index in [1.165, 1.54) is 4.68 Å². The van der Waals surface area contributed by atoms with Crippen LogP contribution in [0.25, 0.3) is 11.0 Å². The number of nitrogens with zero attached hydrogens (tertiary/aromatic N) is 4. The van der Waals surface area contributed by atoms with E-state index in [2.05, 4.69) is 27.0 Å². The van der Waals surface area contributed by atoms with Gasteiger partial charge in [0, 0.05) is 6.04 Å². The third-order valence-corrected chi connectivity index (χ3v) is 7.91. The molecule has 31 heavy (non-hydrogen) atoms. The summed E-state index contributed by atoms with van der Waals surface area (Å²) in [6.45, 7) is 3.55. The lowest BCUT2D eigenvalue weighted by molar-refractivity contribution is -0.129. The topological polar surface area (TPSA) is 126 Å². The van der Waals surface area contributed by atoms with Gasteiger partial charge < -0.3 is 25.4 Å². The Balaban J connectivity index is 1.34. The molecule has 166 valence electrons. The van der Waals surface area contributed by atoms with Gasteiger partial charge in [0.25, 0.3) is 0 Å². The largest absolute Gasteiger partial charge is 0.393 e. The predicted molar refractivity (Wildman–Crippen MR) is 112 cm³/mol. The van der Waals surface area contributed by atoms with Gasteiger partial charge in [0.15, 0.2) is 11.9 Å². The maximum Gasteiger partial charge on any atom is 0.226 e. The minimum absolute atomic E-state index is 0.0733. The lowest BCUT2D eigenvalue weighted by Crippen LogP contribution is -2.59.